The number of rotatable bonds is 2. The smallest absolute Gasteiger partial charge is 0.124 e. The van der Waals surface area contributed by atoms with Crippen molar-refractivity contribution in [2.45, 2.75) is 12.7 Å². The Bertz CT molecular complexity index is 312. The lowest BCUT2D eigenvalue weighted by Crippen LogP contribution is -2.10. The SMILES string of the molecule is COc1cccc2c1COC2CN. The Labute approximate surface area is 77.5 Å². The lowest BCUT2D eigenvalue weighted by Gasteiger charge is -2.08. The van der Waals surface area contributed by atoms with Crippen molar-refractivity contribution in [3.8, 4) is 5.75 Å². The zero-order valence-electron chi connectivity index (χ0n) is 7.62. The Morgan fingerprint density at radius 1 is 1.62 bits per heavy atom. The van der Waals surface area contributed by atoms with Crippen LogP contribution in [0.1, 0.15) is 17.2 Å². The first-order valence-electron chi connectivity index (χ1n) is 4.34. The molecule has 1 aliphatic heterocycles. The highest BCUT2D eigenvalue weighted by atomic mass is 16.5. The molecule has 0 fully saturated rings. The highest BCUT2D eigenvalue weighted by Crippen LogP contribution is 2.35. The van der Waals surface area contributed by atoms with E-state index in [0.29, 0.717) is 13.2 Å². The summed E-state index contributed by atoms with van der Waals surface area (Å²) in [4.78, 5) is 0. The molecule has 13 heavy (non-hydrogen) atoms. The molecule has 2 rings (SSSR count). The van der Waals surface area contributed by atoms with Crippen LogP contribution in [0.4, 0.5) is 0 Å². The molecule has 70 valence electrons. The molecular weight excluding hydrogens is 166 g/mol. The number of nitrogens with two attached hydrogens (primary N) is 1. The monoisotopic (exact) mass is 179 g/mol. The standard InChI is InChI=1S/C10H13NO2/c1-12-9-4-2-3-7-8(9)6-13-10(7)5-11/h2-4,10H,5-6,11H2,1H3. The highest BCUT2D eigenvalue weighted by molar-refractivity contribution is 5.43. The first-order valence-corrected chi connectivity index (χ1v) is 4.34. The van der Waals surface area contributed by atoms with Crippen molar-refractivity contribution in [3.05, 3.63) is 29.3 Å². The molecular formula is C10H13NO2. The minimum absolute atomic E-state index is 0.0464. The summed E-state index contributed by atoms with van der Waals surface area (Å²) in [6, 6.07) is 5.96. The average Bonchev–Trinajstić information content (AvgIpc) is 2.60. The normalized spacial score (nSPS) is 20.0. The maximum absolute atomic E-state index is 5.57. The fraction of sp³-hybridized carbons (Fsp3) is 0.400. The molecule has 1 atom stereocenters. The molecule has 1 heterocycles. The maximum atomic E-state index is 5.57. The van der Waals surface area contributed by atoms with Crippen LogP contribution in [0, 0.1) is 0 Å². The van der Waals surface area contributed by atoms with Crippen LogP contribution in [0.15, 0.2) is 18.2 Å². The van der Waals surface area contributed by atoms with E-state index >= 15 is 0 Å². The van der Waals surface area contributed by atoms with Gasteiger partial charge in [0.05, 0.1) is 19.8 Å². The minimum Gasteiger partial charge on any atom is -0.496 e. The Morgan fingerprint density at radius 3 is 3.15 bits per heavy atom. The van der Waals surface area contributed by atoms with Crippen molar-refractivity contribution in [2.75, 3.05) is 13.7 Å². The summed E-state index contributed by atoms with van der Waals surface area (Å²) in [5.74, 6) is 0.897. The van der Waals surface area contributed by atoms with Crippen LogP contribution in [0.25, 0.3) is 0 Å². The van der Waals surface area contributed by atoms with Crippen LogP contribution in [-0.2, 0) is 11.3 Å². The molecule has 1 aromatic rings. The molecule has 0 bridgehead atoms. The summed E-state index contributed by atoms with van der Waals surface area (Å²) in [7, 11) is 1.67. The van der Waals surface area contributed by atoms with Gasteiger partial charge in [0, 0.05) is 12.1 Å². The second kappa shape index (κ2) is 3.36. The number of methoxy groups -OCH3 is 1. The number of fused-ring (bicyclic) bond motifs is 1. The topological polar surface area (TPSA) is 44.5 Å². The van der Waals surface area contributed by atoms with Gasteiger partial charge < -0.3 is 15.2 Å². The van der Waals surface area contributed by atoms with Crippen LogP contribution in [-0.4, -0.2) is 13.7 Å². The first kappa shape index (κ1) is 8.53. The van der Waals surface area contributed by atoms with E-state index in [4.69, 9.17) is 15.2 Å². The second-order valence-corrected chi connectivity index (χ2v) is 3.06. The molecule has 0 saturated heterocycles. The fourth-order valence-electron chi connectivity index (χ4n) is 1.70. The second-order valence-electron chi connectivity index (χ2n) is 3.06. The average molecular weight is 179 g/mol. The highest BCUT2D eigenvalue weighted by Gasteiger charge is 2.24. The van der Waals surface area contributed by atoms with E-state index in [1.165, 1.54) is 5.56 Å². The Morgan fingerprint density at radius 2 is 2.46 bits per heavy atom. The third kappa shape index (κ3) is 1.30. The van der Waals surface area contributed by atoms with Gasteiger partial charge in [-0.3, -0.25) is 0 Å². The molecule has 0 radical (unpaired) electrons. The minimum atomic E-state index is 0.0464. The van der Waals surface area contributed by atoms with Crippen molar-refractivity contribution >= 4 is 0 Å². The number of ether oxygens (including phenoxy) is 2. The van der Waals surface area contributed by atoms with Crippen LogP contribution < -0.4 is 10.5 Å². The number of hydrogen-bond acceptors (Lipinski definition) is 3. The van der Waals surface area contributed by atoms with E-state index in [1.807, 2.05) is 18.2 Å². The van der Waals surface area contributed by atoms with Gasteiger partial charge in [0.1, 0.15) is 5.75 Å². The molecule has 0 amide bonds. The van der Waals surface area contributed by atoms with Gasteiger partial charge in [-0.05, 0) is 11.6 Å². The summed E-state index contributed by atoms with van der Waals surface area (Å²) in [6.07, 6.45) is 0.0464. The van der Waals surface area contributed by atoms with E-state index in [-0.39, 0.29) is 6.10 Å². The third-order valence-electron chi connectivity index (χ3n) is 2.38. The first-order chi connectivity index (χ1) is 6.36. The molecule has 1 aliphatic rings. The van der Waals surface area contributed by atoms with Crippen molar-refractivity contribution in [1.82, 2.24) is 0 Å². The van der Waals surface area contributed by atoms with Gasteiger partial charge in [-0.1, -0.05) is 12.1 Å². The Balaban J connectivity index is 2.43. The molecule has 3 nitrogen and oxygen atoms in total. The predicted octanol–water partition coefficient (Wildman–Crippen LogP) is 1.23. The molecule has 0 aromatic heterocycles. The fourth-order valence-corrected chi connectivity index (χ4v) is 1.70. The van der Waals surface area contributed by atoms with Crippen molar-refractivity contribution in [3.63, 3.8) is 0 Å². The van der Waals surface area contributed by atoms with Gasteiger partial charge in [-0.2, -0.15) is 0 Å². The maximum Gasteiger partial charge on any atom is 0.124 e. The molecule has 1 unspecified atom stereocenters. The zero-order valence-corrected chi connectivity index (χ0v) is 7.62. The summed E-state index contributed by atoms with van der Waals surface area (Å²) in [5.41, 5.74) is 7.88. The summed E-state index contributed by atoms with van der Waals surface area (Å²) >= 11 is 0. The van der Waals surface area contributed by atoms with Gasteiger partial charge >= 0.3 is 0 Å². The van der Waals surface area contributed by atoms with Gasteiger partial charge in [-0.25, -0.2) is 0 Å². The van der Waals surface area contributed by atoms with E-state index < -0.39 is 0 Å². The number of benzene rings is 1. The Hall–Kier alpha value is -1.06. The molecule has 0 spiro atoms. The van der Waals surface area contributed by atoms with E-state index in [9.17, 15) is 0 Å². The number of hydrogen-bond donors (Lipinski definition) is 1. The van der Waals surface area contributed by atoms with Crippen molar-refractivity contribution in [1.29, 1.82) is 0 Å². The quantitative estimate of drug-likeness (QED) is 0.742. The summed E-state index contributed by atoms with van der Waals surface area (Å²) < 4.78 is 10.7. The van der Waals surface area contributed by atoms with Gasteiger partial charge in [0.15, 0.2) is 0 Å². The van der Waals surface area contributed by atoms with Gasteiger partial charge in [0.25, 0.3) is 0 Å². The molecule has 3 heteroatoms. The van der Waals surface area contributed by atoms with Gasteiger partial charge in [0.2, 0.25) is 0 Å². The largest absolute Gasteiger partial charge is 0.496 e. The van der Waals surface area contributed by atoms with E-state index in [2.05, 4.69) is 0 Å². The van der Waals surface area contributed by atoms with Crippen LogP contribution in [0.2, 0.25) is 0 Å². The Kier molecular flexibility index (Phi) is 2.20. The van der Waals surface area contributed by atoms with Crippen LogP contribution in [0.3, 0.4) is 0 Å². The van der Waals surface area contributed by atoms with Gasteiger partial charge in [-0.15, -0.1) is 0 Å². The lowest BCUT2D eigenvalue weighted by atomic mass is 10.0. The summed E-state index contributed by atoms with van der Waals surface area (Å²) in [5, 5.41) is 0. The van der Waals surface area contributed by atoms with Crippen LogP contribution >= 0.6 is 0 Å². The third-order valence-corrected chi connectivity index (χ3v) is 2.38. The lowest BCUT2D eigenvalue weighted by molar-refractivity contribution is 0.0718. The molecule has 0 saturated carbocycles. The predicted molar refractivity (Wildman–Crippen MR) is 49.6 cm³/mol. The van der Waals surface area contributed by atoms with E-state index in [0.717, 1.165) is 11.3 Å². The zero-order chi connectivity index (χ0) is 9.26. The molecule has 1 aromatic carbocycles. The molecule has 2 N–H and O–H groups in total. The van der Waals surface area contributed by atoms with Crippen LogP contribution in [0.5, 0.6) is 5.75 Å². The molecule has 0 aliphatic carbocycles. The summed E-state index contributed by atoms with van der Waals surface area (Å²) in [6.45, 7) is 1.14. The van der Waals surface area contributed by atoms with E-state index in [1.54, 1.807) is 7.11 Å². The van der Waals surface area contributed by atoms with Crippen molar-refractivity contribution < 1.29 is 9.47 Å². The van der Waals surface area contributed by atoms with Crippen molar-refractivity contribution in [2.24, 2.45) is 5.73 Å².